The summed E-state index contributed by atoms with van der Waals surface area (Å²) in [5, 5.41) is 3.95. The maximum atomic E-state index is 13.0. The Hall–Kier alpha value is -3.02. The summed E-state index contributed by atoms with van der Waals surface area (Å²) in [4.78, 5) is 18.9. The van der Waals surface area contributed by atoms with Crippen LogP contribution in [0.2, 0.25) is 0 Å². The molecule has 27 heavy (non-hydrogen) atoms. The molecule has 3 aromatic rings. The zero-order valence-electron chi connectivity index (χ0n) is 15.1. The largest absolute Gasteiger partial charge is 0.339 e. The summed E-state index contributed by atoms with van der Waals surface area (Å²) in [5.41, 5.74) is 2.07. The van der Waals surface area contributed by atoms with E-state index in [9.17, 15) is 9.18 Å². The van der Waals surface area contributed by atoms with Crippen molar-refractivity contribution in [3.8, 4) is 22.8 Å². The van der Waals surface area contributed by atoms with Gasteiger partial charge in [-0.2, -0.15) is 4.98 Å². The molecule has 2 heterocycles. The second-order valence-corrected chi connectivity index (χ2v) is 6.98. The molecule has 1 amide bonds. The van der Waals surface area contributed by atoms with Gasteiger partial charge in [-0.05, 0) is 67.3 Å². The minimum Gasteiger partial charge on any atom is -0.339 e. The quantitative estimate of drug-likeness (QED) is 0.690. The van der Waals surface area contributed by atoms with Crippen molar-refractivity contribution in [1.82, 2.24) is 15.0 Å². The number of carbonyl (C=O) groups excluding carboxylic acids is 1. The number of piperidine rings is 1. The van der Waals surface area contributed by atoms with E-state index in [-0.39, 0.29) is 11.7 Å². The van der Waals surface area contributed by atoms with E-state index in [0.29, 0.717) is 28.8 Å². The van der Waals surface area contributed by atoms with Gasteiger partial charge < -0.3 is 9.42 Å². The van der Waals surface area contributed by atoms with Gasteiger partial charge in [-0.25, -0.2) is 4.39 Å². The molecule has 1 aliphatic heterocycles. The van der Waals surface area contributed by atoms with Crippen LogP contribution in [-0.2, 0) is 0 Å². The number of amides is 1. The number of hydrogen-bond acceptors (Lipinski definition) is 4. The molecule has 0 radical (unpaired) electrons. The Kier molecular flexibility index (Phi) is 4.71. The zero-order chi connectivity index (χ0) is 18.8. The minimum absolute atomic E-state index is 0.0611. The monoisotopic (exact) mass is 365 g/mol. The Labute approximate surface area is 156 Å². The van der Waals surface area contributed by atoms with Crippen molar-refractivity contribution in [2.75, 3.05) is 13.1 Å². The Morgan fingerprint density at radius 3 is 2.33 bits per heavy atom. The molecule has 5 nitrogen and oxygen atoms in total. The fourth-order valence-electron chi connectivity index (χ4n) is 3.21. The molecule has 4 rings (SSSR count). The van der Waals surface area contributed by atoms with E-state index in [1.54, 1.807) is 24.3 Å². The second-order valence-electron chi connectivity index (χ2n) is 6.98. The molecular weight excluding hydrogens is 345 g/mol. The van der Waals surface area contributed by atoms with Crippen molar-refractivity contribution in [1.29, 1.82) is 0 Å². The fraction of sp³-hybridized carbons (Fsp3) is 0.286. The molecular formula is C21H20FN3O2. The van der Waals surface area contributed by atoms with E-state index in [1.165, 1.54) is 12.1 Å². The van der Waals surface area contributed by atoms with Crippen LogP contribution in [0.3, 0.4) is 0 Å². The van der Waals surface area contributed by atoms with Gasteiger partial charge in [-0.15, -0.1) is 0 Å². The highest BCUT2D eigenvalue weighted by Gasteiger charge is 2.21. The third kappa shape index (κ3) is 3.74. The lowest BCUT2D eigenvalue weighted by Gasteiger charge is -2.30. The van der Waals surface area contributed by atoms with Crippen LogP contribution in [0.15, 0.2) is 53.1 Å². The van der Waals surface area contributed by atoms with Crippen LogP contribution >= 0.6 is 0 Å². The molecule has 6 heteroatoms. The molecule has 1 saturated heterocycles. The van der Waals surface area contributed by atoms with Gasteiger partial charge in [0.25, 0.3) is 11.8 Å². The zero-order valence-corrected chi connectivity index (χ0v) is 15.1. The third-order valence-corrected chi connectivity index (χ3v) is 4.98. The number of nitrogens with zero attached hydrogens (tertiary/aromatic N) is 3. The van der Waals surface area contributed by atoms with E-state index >= 15 is 0 Å². The molecule has 1 fully saturated rings. The van der Waals surface area contributed by atoms with Crippen LogP contribution in [0.25, 0.3) is 22.8 Å². The fourth-order valence-corrected chi connectivity index (χ4v) is 3.21. The summed E-state index contributed by atoms with van der Waals surface area (Å²) < 4.78 is 18.3. The van der Waals surface area contributed by atoms with Crippen molar-refractivity contribution >= 4 is 5.91 Å². The summed E-state index contributed by atoms with van der Waals surface area (Å²) in [6, 6.07) is 13.1. The van der Waals surface area contributed by atoms with Crippen molar-refractivity contribution in [3.63, 3.8) is 0 Å². The molecule has 0 bridgehead atoms. The van der Waals surface area contributed by atoms with Gasteiger partial charge in [0.05, 0.1) is 0 Å². The predicted molar refractivity (Wildman–Crippen MR) is 99.4 cm³/mol. The van der Waals surface area contributed by atoms with Gasteiger partial charge in [0.1, 0.15) is 5.82 Å². The molecule has 0 atom stereocenters. The van der Waals surface area contributed by atoms with Gasteiger partial charge in [-0.1, -0.05) is 12.1 Å². The Morgan fingerprint density at radius 1 is 1.04 bits per heavy atom. The summed E-state index contributed by atoms with van der Waals surface area (Å²) in [5.74, 6) is 1.19. The molecule has 1 aromatic heterocycles. The minimum atomic E-state index is -0.314. The van der Waals surface area contributed by atoms with E-state index in [0.717, 1.165) is 31.5 Å². The first-order valence-electron chi connectivity index (χ1n) is 9.09. The summed E-state index contributed by atoms with van der Waals surface area (Å²) in [6.45, 7) is 3.85. The Balaban J connectivity index is 1.49. The van der Waals surface area contributed by atoms with Crippen molar-refractivity contribution in [3.05, 3.63) is 59.9 Å². The van der Waals surface area contributed by atoms with E-state index in [1.807, 2.05) is 17.0 Å². The first-order valence-corrected chi connectivity index (χ1v) is 9.09. The Morgan fingerprint density at radius 2 is 1.67 bits per heavy atom. The van der Waals surface area contributed by atoms with Crippen LogP contribution < -0.4 is 0 Å². The molecule has 0 spiro atoms. The van der Waals surface area contributed by atoms with E-state index in [4.69, 9.17) is 4.52 Å². The first kappa shape index (κ1) is 17.4. The lowest BCUT2D eigenvalue weighted by molar-refractivity contribution is 0.0697. The van der Waals surface area contributed by atoms with Gasteiger partial charge >= 0.3 is 0 Å². The molecule has 0 N–H and O–H groups in total. The number of hydrogen-bond donors (Lipinski definition) is 0. The average molecular weight is 365 g/mol. The molecule has 1 aliphatic rings. The van der Waals surface area contributed by atoms with Crippen molar-refractivity contribution < 1.29 is 13.7 Å². The highest BCUT2D eigenvalue weighted by molar-refractivity contribution is 5.94. The van der Waals surface area contributed by atoms with Crippen LogP contribution in [-0.4, -0.2) is 34.0 Å². The maximum Gasteiger partial charge on any atom is 0.258 e. The number of aromatic nitrogens is 2. The lowest BCUT2D eigenvalue weighted by Crippen LogP contribution is -2.37. The lowest BCUT2D eigenvalue weighted by atomic mass is 9.98. The maximum absolute atomic E-state index is 13.0. The molecule has 0 saturated carbocycles. The van der Waals surface area contributed by atoms with Crippen LogP contribution in [0.1, 0.15) is 30.1 Å². The standard InChI is InChI=1S/C21H20FN3O2/c1-14-10-12-25(13-11-14)21(26)17-4-2-16(3-5-17)20-23-19(24-27-20)15-6-8-18(22)9-7-15/h2-9,14H,10-13H2,1H3. The summed E-state index contributed by atoms with van der Waals surface area (Å²) >= 11 is 0. The Bertz CT molecular complexity index is 927. The SMILES string of the molecule is CC1CCN(C(=O)c2ccc(-c3nc(-c4ccc(F)cc4)no3)cc2)CC1. The molecule has 138 valence electrons. The second kappa shape index (κ2) is 7.31. The molecule has 2 aromatic carbocycles. The normalized spacial score (nSPS) is 15.1. The number of likely N-dealkylation sites (tertiary alicyclic amines) is 1. The van der Waals surface area contributed by atoms with Gasteiger partial charge in [0, 0.05) is 29.8 Å². The highest BCUT2D eigenvalue weighted by Crippen LogP contribution is 2.24. The van der Waals surface area contributed by atoms with Crippen LogP contribution in [0, 0.1) is 11.7 Å². The van der Waals surface area contributed by atoms with Crippen molar-refractivity contribution in [2.24, 2.45) is 5.92 Å². The summed E-state index contributed by atoms with van der Waals surface area (Å²) in [6.07, 6.45) is 2.11. The number of benzene rings is 2. The van der Waals surface area contributed by atoms with E-state index < -0.39 is 0 Å². The average Bonchev–Trinajstić information content (AvgIpc) is 3.19. The topological polar surface area (TPSA) is 59.2 Å². The van der Waals surface area contributed by atoms with Gasteiger partial charge in [0.2, 0.25) is 5.82 Å². The summed E-state index contributed by atoms with van der Waals surface area (Å²) in [7, 11) is 0. The van der Waals surface area contributed by atoms with E-state index in [2.05, 4.69) is 17.1 Å². The number of rotatable bonds is 3. The molecule has 0 unspecified atom stereocenters. The van der Waals surface area contributed by atoms with Crippen LogP contribution in [0.4, 0.5) is 4.39 Å². The first-order chi connectivity index (χ1) is 13.1. The third-order valence-electron chi connectivity index (χ3n) is 4.98. The predicted octanol–water partition coefficient (Wildman–Crippen LogP) is 4.41. The number of halogens is 1. The van der Waals surface area contributed by atoms with Gasteiger partial charge in [0.15, 0.2) is 0 Å². The van der Waals surface area contributed by atoms with Gasteiger partial charge in [-0.3, -0.25) is 4.79 Å². The highest BCUT2D eigenvalue weighted by atomic mass is 19.1. The smallest absolute Gasteiger partial charge is 0.258 e. The number of carbonyl (C=O) groups is 1. The molecule has 0 aliphatic carbocycles. The van der Waals surface area contributed by atoms with Crippen LogP contribution in [0.5, 0.6) is 0 Å². The van der Waals surface area contributed by atoms with Crippen molar-refractivity contribution in [2.45, 2.75) is 19.8 Å².